The van der Waals surface area contributed by atoms with Crippen LogP contribution in [0.2, 0.25) is 15.1 Å². The van der Waals surface area contributed by atoms with Crippen LogP contribution in [0.4, 0.5) is 53.4 Å². The minimum Gasteiger partial charge on any atom is -0.496 e. The topological polar surface area (TPSA) is 358 Å². The van der Waals surface area contributed by atoms with E-state index < -0.39 is 65.1 Å². The number of halogens is 9. The number of para-hydroxylation sites is 2. The molecule has 0 spiro atoms. The predicted octanol–water partition coefficient (Wildman–Crippen LogP) is 16.9. The van der Waals surface area contributed by atoms with Crippen LogP contribution in [-0.2, 0) is 0 Å². The molecule has 2 saturated heterocycles. The van der Waals surface area contributed by atoms with Crippen molar-refractivity contribution < 1.29 is 88.6 Å². The number of nitrogens with zero attached hydrogens (tertiary/aromatic N) is 4. The molecule has 3 aromatic heterocycles. The van der Waals surface area contributed by atoms with Crippen LogP contribution in [0.25, 0.3) is 32.7 Å². The first-order valence-corrected chi connectivity index (χ1v) is 33.3. The summed E-state index contributed by atoms with van der Waals surface area (Å²) in [5.74, 6) is -3.01. The molecule has 11 N–H and O–H groups in total. The molecule has 0 saturated carbocycles. The van der Waals surface area contributed by atoms with E-state index in [4.69, 9.17) is 102 Å². The lowest BCUT2D eigenvalue weighted by atomic mass is 10.1. The second-order valence-corrected chi connectivity index (χ2v) is 24.1. The molecular weight excluding hydrogens is 1520 g/mol. The number of ether oxygens (including phenoxy) is 8. The van der Waals surface area contributed by atoms with Crippen molar-refractivity contribution in [3.63, 3.8) is 0 Å². The van der Waals surface area contributed by atoms with E-state index in [1.807, 2.05) is 6.07 Å². The number of nitrogens with two attached hydrogens (primary N) is 4. The first-order valence-electron chi connectivity index (χ1n) is 31.8. The van der Waals surface area contributed by atoms with Crippen molar-refractivity contribution in [1.82, 2.24) is 25.2 Å². The second kappa shape index (κ2) is 38.4. The highest BCUT2D eigenvalue weighted by molar-refractivity contribution is 6.61. The number of anilines is 3. The zero-order chi connectivity index (χ0) is 77.9. The monoisotopic (exact) mass is 1580 g/mol. The molecule has 109 heavy (non-hydrogen) atoms. The number of rotatable bonds is 16. The van der Waals surface area contributed by atoms with Crippen LogP contribution < -0.4 is 76.8 Å². The summed E-state index contributed by atoms with van der Waals surface area (Å²) in [4.78, 5) is 83.6. The van der Waals surface area contributed by atoms with Crippen molar-refractivity contribution in [2.45, 2.75) is 32.6 Å². The van der Waals surface area contributed by atoms with E-state index in [2.05, 4.69) is 35.6 Å². The third kappa shape index (κ3) is 21.3. The van der Waals surface area contributed by atoms with Crippen LogP contribution in [-0.4, -0.2) is 115 Å². The first kappa shape index (κ1) is 82.4. The van der Waals surface area contributed by atoms with Crippen LogP contribution in [0.5, 0.6) is 63.2 Å². The highest BCUT2D eigenvalue weighted by Gasteiger charge is 2.28. The number of carbonyl (C=O) groups excluding carboxylic acids is 6. The Balaban J connectivity index is 0.000000187. The predicted molar refractivity (Wildman–Crippen MR) is 403 cm³/mol. The molecule has 8 aromatic carbocycles. The molecule has 25 nitrogen and oxygen atoms in total. The van der Waals surface area contributed by atoms with Gasteiger partial charge in [-0.25, -0.2) is 36.3 Å². The Hall–Kier alpha value is -12.2. The summed E-state index contributed by atoms with van der Waals surface area (Å²) in [6, 6.07) is 38.1. The number of nitrogen functional groups attached to an aromatic ring is 1. The third-order valence-corrected chi connectivity index (χ3v) is 16.7. The number of hydrogen-bond donors (Lipinski definition) is 7. The second-order valence-electron chi connectivity index (χ2n) is 22.6. The van der Waals surface area contributed by atoms with Crippen molar-refractivity contribution in [2.24, 2.45) is 17.2 Å². The number of pyridine rings is 3. The van der Waals surface area contributed by atoms with Gasteiger partial charge in [-0.05, 0) is 116 Å². The molecule has 5 heterocycles. The van der Waals surface area contributed by atoms with E-state index in [9.17, 15) is 50.7 Å². The number of likely N-dealkylation sites (tertiary alicyclic amines) is 1. The number of amides is 6. The van der Waals surface area contributed by atoms with Gasteiger partial charge >= 0.3 is 17.6 Å². The Bertz CT molecular complexity index is 5160. The van der Waals surface area contributed by atoms with Crippen molar-refractivity contribution in [3.8, 4) is 63.2 Å². The molecule has 0 unspecified atom stereocenters. The Morgan fingerprint density at radius 1 is 0.495 bits per heavy atom. The standard InChI is InChI=1S/C24H17ClFN3O5.C22H19ClF2N4O4.C17H13ClFN3O3.C7H5ClO2.C4H8FN.CH4/c1-32-20-12-17-14(11-15(20)23(27)30)18(9-10-28-17)34-19-8-7-16(21(25)22(19)26)29-24(31)33-13-5-3-2-4-6-13;1-32-18-9-15-12(8-13(18)21(26)30)16(4-6-27-15)33-17-3-2-14(19(23)20(17)25)28-22(31)29-7-5-11(24)10-29;1-24-14-7-11-8(6-9(14)17(21)23)12(4-5-22-11)25-13-3-2-10(20)15(18)16(13)19;8-7(9)10-6-4-2-1-3-5-6;5-4-1-2-6-3-4;/h2-12H,1H3,(H2,27,30)(H,29,31);2-4,6,8-9,11H,5,7,10H2,1H3,(H2,26,30)(H,28,31);2-7H,20H2,1H3,(H2,21,23);1-5H;4,6H,1-3H2;1H4/t;11-;;;4-;/m.1..1./s1. The van der Waals surface area contributed by atoms with Crippen LogP contribution in [0.15, 0.2) is 170 Å². The molecule has 11 aromatic rings. The summed E-state index contributed by atoms with van der Waals surface area (Å²) in [6.45, 7) is 1.67. The van der Waals surface area contributed by atoms with Crippen molar-refractivity contribution in [2.75, 3.05) is 63.9 Å². The number of benzene rings is 8. The fraction of sp³-hybridized carbons (Fsp3) is 0.160. The zero-order valence-electron chi connectivity index (χ0n) is 56.8. The van der Waals surface area contributed by atoms with E-state index in [0.29, 0.717) is 57.2 Å². The van der Waals surface area contributed by atoms with Crippen molar-refractivity contribution >= 4 is 131 Å². The normalized spacial score (nSPS) is 13.2. The quantitative estimate of drug-likeness (QED) is 0.0268. The number of alkyl halides is 2. The minimum atomic E-state index is -1.08. The summed E-state index contributed by atoms with van der Waals surface area (Å²) >= 11 is 23.0. The largest absolute Gasteiger partial charge is 0.496 e. The number of methoxy groups -OCH3 is 3. The average molecular weight is 1580 g/mol. The highest BCUT2D eigenvalue weighted by Crippen LogP contribution is 2.42. The lowest BCUT2D eigenvalue weighted by molar-refractivity contribution is 0.0989. The van der Waals surface area contributed by atoms with E-state index in [0.717, 1.165) is 6.54 Å². The van der Waals surface area contributed by atoms with Crippen LogP contribution in [0.1, 0.15) is 51.3 Å². The Kier molecular flexibility index (Phi) is 29.0. The van der Waals surface area contributed by atoms with Gasteiger partial charge in [-0.15, -0.1) is 0 Å². The van der Waals surface area contributed by atoms with E-state index in [1.54, 1.807) is 60.7 Å². The number of aromatic nitrogens is 3. The molecular formula is C75H66Cl4F5N11O14. The number of hydrogen-bond acceptors (Lipinski definition) is 19. The number of nitrogens with one attached hydrogen (secondary N) is 3. The molecule has 2 atom stereocenters. The van der Waals surface area contributed by atoms with Gasteiger partial charge in [0.25, 0.3) is 17.7 Å². The summed E-state index contributed by atoms with van der Waals surface area (Å²) < 4.78 is 112. The van der Waals surface area contributed by atoms with Gasteiger partial charge in [0, 0.05) is 77.6 Å². The van der Waals surface area contributed by atoms with Crippen LogP contribution in [0.3, 0.4) is 0 Å². The molecule has 34 heteroatoms. The van der Waals surface area contributed by atoms with E-state index in [-0.39, 0.29) is 128 Å². The van der Waals surface area contributed by atoms with Gasteiger partial charge in [0.05, 0.1) is 78.2 Å². The molecule has 2 fully saturated rings. The van der Waals surface area contributed by atoms with Crippen LogP contribution in [0, 0.1) is 17.5 Å². The van der Waals surface area contributed by atoms with Gasteiger partial charge < -0.3 is 76.4 Å². The van der Waals surface area contributed by atoms with Gasteiger partial charge in [0.2, 0.25) is 0 Å². The Labute approximate surface area is 638 Å². The zero-order valence-corrected chi connectivity index (χ0v) is 59.8. The summed E-state index contributed by atoms with van der Waals surface area (Å²) in [5.41, 5.74) is 22.8. The Morgan fingerprint density at radius 2 is 0.890 bits per heavy atom. The van der Waals surface area contributed by atoms with Gasteiger partial charge in [-0.1, -0.05) is 78.6 Å². The van der Waals surface area contributed by atoms with Gasteiger partial charge in [0.15, 0.2) is 34.7 Å². The third-order valence-electron chi connectivity index (χ3n) is 15.5. The van der Waals surface area contributed by atoms with Gasteiger partial charge in [0.1, 0.15) is 73.4 Å². The number of urea groups is 1. The molecule has 2 aliphatic heterocycles. The average Bonchev–Trinajstić information content (AvgIpc) is 1.27. The smallest absolute Gasteiger partial charge is 0.417 e. The molecule has 568 valence electrons. The molecule has 6 amide bonds. The maximum absolute atomic E-state index is 15.0. The molecule has 0 radical (unpaired) electrons. The lowest BCUT2D eigenvalue weighted by Gasteiger charge is -2.18. The summed E-state index contributed by atoms with van der Waals surface area (Å²) in [5, 5.41) is 8.07. The van der Waals surface area contributed by atoms with Gasteiger partial charge in [-0.2, -0.15) is 0 Å². The molecule has 0 aliphatic carbocycles. The Morgan fingerprint density at radius 3 is 1.24 bits per heavy atom. The highest BCUT2D eigenvalue weighted by atomic mass is 35.5. The van der Waals surface area contributed by atoms with Crippen molar-refractivity contribution in [3.05, 3.63) is 219 Å². The maximum Gasteiger partial charge on any atom is 0.417 e. The lowest BCUT2D eigenvalue weighted by Crippen LogP contribution is -2.33. The molecule has 13 rings (SSSR count). The molecule has 2 aliphatic rings. The fourth-order valence-electron chi connectivity index (χ4n) is 10.2. The van der Waals surface area contributed by atoms with Crippen molar-refractivity contribution in [1.29, 1.82) is 0 Å². The number of fused-ring (bicyclic) bond motifs is 3. The van der Waals surface area contributed by atoms with Gasteiger partial charge in [-0.3, -0.25) is 34.7 Å². The SMILES string of the molecule is C.COc1cc2nccc(Oc3ccc(N)c(Cl)c3F)c2cc1C(N)=O.COc1cc2nccc(Oc3ccc(NC(=O)N4CC[C@@H](F)C4)c(Cl)c3F)c2cc1C(N)=O.COc1cc2nccc(Oc3ccc(NC(=O)Oc4ccccc4)c(Cl)c3F)c2cc1C(N)=O.F[C@@H]1CCNC1.O=C(Cl)Oc1ccccc1. The number of carbonyl (C=O) groups is 6. The van der Waals surface area contributed by atoms with Crippen LogP contribution >= 0.6 is 46.4 Å². The maximum atomic E-state index is 15.0. The summed E-state index contributed by atoms with van der Waals surface area (Å²) in [6.07, 6.45) is 2.87. The first-order chi connectivity index (χ1) is 51.7. The molecule has 0 bridgehead atoms. The number of primary amides is 3. The van der Waals surface area contributed by atoms with E-state index >= 15 is 0 Å². The summed E-state index contributed by atoms with van der Waals surface area (Å²) in [7, 11) is 4.21. The minimum absolute atomic E-state index is 0. The fourth-order valence-corrected chi connectivity index (χ4v) is 10.9. The van der Waals surface area contributed by atoms with E-state index in [1.165, 1.54) is 130 Å².